The predicted octanol–water partition coefficient (Wildman–Crippen LogP) is 2.17. The molecule has 7 heteroatoms. The van der Waals surface area contributed by atoms with Crippen LogP contribution in [0, 0.1) is 5.92 Å². The van der Waals surface area contributed by atoms with Gasteiger partial charge in [-0.3, -0.25) is 14.7 Å². The van der Waals surface area contributed by atoms with Gasteiger partial charge >= 0.3 is 0 Å². The molecular weight excluding hydrogens is 328 g/mol. The maximum Gasteiger partial charge on any atom is 0.234 e. The molecule has 0 aliphatic carbocycles. The van der Waals surface area contributed by atoms with Crippen LogP contribution >= 0.6 is 0 Å². The largest absolute Gasteiger partial charge is 0.370 e. The number of rotatable bonds is 7. The van der Waals surface area contributed by atoms with Crippen molar-refractivity contribution in [3.05, 3.63) is 12.3 Å². The zero-order valence-corrected chi connectivity index (χ0v) is 15.5. The van der Waals surface area contributed by atoms with Crippen molar-refractivity contribution < 1.29 is 4.79 Å². The molecule has 0 radical (unpaired) electrons. The maximum atomic E-state index is 12.0. The summed E-state index contributed by atoms with van der Waals surface area (Å²) in [6, 6.07) is 1.98. The number of anilines is 1. The summed E-state index contributed by atoms with van der Waals surface area (Å²) in [5.41, 5.74) is 1.78. The molecule has 7 nitrogen and oxygen atoms in total. The zero-order chi connectivity index (χ0) is 18.4. The molecule has 0 spiro atoms. The van der Waals surface area contributed by atoms with Crippen LogP contribution in [-0.2, 0) is 4.79 Å². The second-order valence-electron chi connectivity index (χ2n) is 6.91. The third kappa shape index (κ3) is 4.46. The minimum Gasteiger partial charge on any atom is -0.370 e. The monoisotopic (exact) mass is 356 g/mol. The summed E-state index contributed by atoms with van der Waals surface area (Å²) in [5, 5.41) is 3.10. The average molecular weight is 356 g/mol. The van der Waals surface area contributed by atoms with E-state index in [0.717, 1.165) is 56.9 Å². The second-order valence-corrected chi connectivity index (χ2v) is 6.91. The molecule has 2 aliphatic heterocycles. The van der Waals surface area contributed by atoms with Gasteiger partial charge in [0, 0.05) is 32.0 Å². The third-order valence-corrected chi connectivity index (χ3v) is 5.15. The van der Waals surface area contributed by atoms with Crippen LogP contribution in [0.15, 0.2) is 22.2 Å². The molecule has 1 N–H and O–H groups in total. The van der Waals surface area contributed by atoms with Crippen molar-refractivity contribution in [3.8, 4) is 0 Å². The molecule has 1 aromatic heterocycles. The molecule has 1 aromatic rings. The molecule has 1 amide bonds. The normalized spacial score (nSPS) is 18.7. The van der Waals surface area contributed by atoms with Crippen molar-refractivity contribution in [1.82, 2.24) is 15.2 Å². The summed E-state index contributed by atoms with van der Waals surface area (Å²) in [4.78, 5) is 29.2. The number of carbonyl (C=O) groups is 1. The number of aromatic nitrogens is 1. The molecule has 0 unspecified atom stereocenters. The number of nitrogens with one attached hydrogen (secondary N) is 1. The Bertz CT molecular complexity index is 662. The van der Waals surface area contributed by atoms with Crippen molar-refractivity contribution in [1.29, 1.82) is 0 Å². The van der Waals surface area contributed by atoms with Gasteiger partial charge in [-0.2, -0.15) is 0 Å². The first-order chi connectivity index (χ1) is 12.7. The Morgan fingerprint density at radius 2 is 2.15 bits per heavy atom. The number of hydrogen-bond donors (Lipinski definition) is 1. The van der Waals surface area contributed by atoms with Crippen LogP contribution in [0.4, 0.5) is 17.2 Å². The van der Waals surface area contributed by atoms with Crippen molar-refractivity contribution in [2.24, 2.45) is 15.9 Å². The van der Waals surface area contributed by atoms with E-state index in [1.165, 1.54) is 6.42 Å². The summed E-state index contributed by atoms with van der Waals surface area (Å²) in [6.45, 7) is 10.9. The Morgan fingerprint density at radius 1 is 1.38 bits per heavy atom. The van der Waals surface area contributed by atoms with E-state index in [-0.39, 0.29) is 5.91 Å². The predicted molar refractivity (Wildman–Crippen MR) is 106 cm³/mol. The molecule has 2 fully saturated rings. The number of carbonyl (C=O) groups excluding carboxylic acids is 1. The van der Waals surface area contributed by atoms with E-state index >= 15 is 0 Å². The minimum absolute atomic E-state index is 0.154. The number of amides is 1. The molecule has 0 bridgehead atoms. The van der Waals surface area contributed by atoms with Crippen LogP contribution < -0.4 is 10.2 Å². The molecular formula is C19H28N6O. The first-order valence-corrected chi connectivity index (χ1v) is 9.39. The van der Waals surface area contributed by atoms with Gasteiger partial charge in [0.1, 0.15) is 5.69 Å². The van der Waals surface area contributed by atoms with Crippen molar-refractivity contribution >= 4 is 36.0 Å². The van der Waals surface area contributed by atoms with Crippen molar-refractivity contribution in [2.75, 3.05) is 44.2 Å². The molecule has 0 saturated carbocycles. The minimum atomic E-state index is 0.154. The van der Waals surface area contributed by atoms with E-state index in [0.29, 0.717) is 18.3 Å². The quantitative estimate of drug-likeness (QED) is 0.760. The third-order valence-electron chi connectivity index (χ3n) is 5.15. The number of piperidine rings is 1. The van der Waals surface area contributed by atoms with Gasteiger partial charge in [-0.05, 0) is 58.0 Å². The fraction of sp³-hybridized carbons (Fsp3) is 0.579. The smallest absolute Gasteiger partial charge is 0.234 e. The van der Waals surface area contributed by atoms with Crippen LogP contribution in [0.1, 0.15) is 26.2 Å². The first kappa shape index (κ1) is 18.5. The Balaban J connectivity index is 1.51. The zero-order valence-electron chi connectivity index (χ0n) is 15.5. The van der Waals surface area contributed by atoms with Crippen molar-refractivity contribution in [3.63, 3.8) is 0 Å². The maximum absolute atomic E-state index is 12.0. The summed E-state index contributed by atoms with van der Waals surface area (Å²) in [7, 11) is 0. The highest BCUT2D eigenvalue weighted by Gasteiger charge is 2.23. The molecule has 26 heavy (non-hydrogen) atoms. The lowest BCUT2D eigenvalue weighted by molar-refractivity contribution is -0.123. The van der Waals surface area contributed by atoms with Gasteiger partial charge in [0.25, 0.3) is 0 Å². The molecule has 140 valence electrons. The fourth-order valence-corrected chi connectivity index (χ4v) is 3.49. The van der Waals surface area contributed by atoms with Crippen molar-refractivity contribution in [2.45, 2.75) is 26.2 Å². The second kappa shape index (κ2) is 8.89. The Kier molecular flexibility index (Phi) is 6.33. The lowest BCUT2D eigenvalue weighted by atomic mass is 9.96. The topological polar surface area (TPSA) is 73.2 Å². The summed E-state index contributed by atoms with van der Waals surface area (Å²) in [5.74, 6) is 1.29. The SMILES string of the molecule is C=Nc1c(N2CCC(CNC(=O)CN3CCC3)CC2)ccnc1N=CC. The summed E-state index contributed by atoms with van der Waals surface area (Å²) < 4.78 is 0. The van der Waals surface area contributed by atoms with Crippen LogP contribution in [-0.4, -0.2) is 68.0 Å². The van der Waals surface area contributed by atoms with E-state index in [1.807, 2.05) is 13.0 Å². The van der Waals surface area contributed by atoms with Crippen LogP contribution in [0.25, 0.3) is 0 Å². The van der Waals surface area contributed by atoms with Gasteiger partial charge < -0.3 is 10.2 Å². The Labute approximate surface area is 155 Å². The highest BCUT2D eigenvalue weighted by atomic mass is 16.2. The number of aliphatic imine (C=N–C) groups is 2. The summed E-state index contributed by atoms with van der Waals surface area (Å²) in [6.07, 6.45) is 6.81. The highest BCUT2D eigenvalue weighted by Crippen LogP contribution is 2.37. The van der Waals surface area contributed by atoms with Crippen LogP contribution in [0.5, 0.6) is 0 Å². The number of pyridine rings is 1. The molecule has 0 aromatic carbocycles. The van der Waals surface area contributed by atoms with Gasteiger partial charge in [-0.1, -0.05) is 0 Å². The van der Waals surface area contributed by atoms with Crippen LogP contribution in [0.3, 0.4) is 0 Å². The van der Waals surface area contributed by atoms with Gasteiger partial charge in [0.2, 0.25) is 5.91 Å². The van der Waals surface area contributed by atoms with E-state index in [1.54, 1.807) is 12.4 Å². The average Bonchev–Trinajstić information content (AvgIpc) is 2.63. The number of hydrogen-bond acceptors (Lipinski definition) is 6. The van der Waals surface area contributed by atoms with Crippen LogP contribution in [0.2, 0.25) is 0 Å². The lowest BCUT2D eigenvalue weighted by Crippen LogP contribution is -2.46. The standard InChI is InChI=1S/C19H28N6O/c1-3-21-19-18(20-2)16(5-8-22-19)25-11-6-15(7-12-25)13-23-17(26)14-24-9-4-10-24/h3,5,8,15H,2,4,6-7,9-14H2,1H3,(H,23,26). The fourth-order valence-electron chi connectivity index (χ4n) is 3.49. The molecule has 2 aliphatic rings. The van der Waals surface area contributed by atoms with Gasteiger partial charge in [-0.15, -0.1) is 0 Å². The molecule has 3 heterocycles. The highest BCUT2D eigenvalue weighted by molar-refractivity contribution is 5.80. The van der Waals surface area contributed by atoms with E-state index in [9.17, 15) is 4.79 Å². The van der Waals surface area contributed by atoms with Gasteiger partial charge in [0.15, 0.2) is 5.82 Å². The lowest BCUT2D eigenvalue weighted by Gasteiger charge is -2.34. The van der Waals surface area contributed by atoms with E-state index in [4.69, 9.17) is 0 Å². The number of likely N-dealkylation sites (tertiary alicyclic amines) is 1. The summed E-state index contributed by atoms with van der Waals surface area (Å²) >= 11 is 0. The molecule has 3 rings (SSSR count). The number of nitrogens with zero attached hydrogens (tertiary/aromatic N) is 5. The van der Waals surface area contributed by atoms with Gasteiger partial charge in [-0.25, -0.2) is 9.98 Å². The van der Waals surface area contributed by atoms with E-state index < -0.39 is 0 Å². The Morgan fingerprint density at radius 3 is 2.77 bits per heavy atom. The Hall–Kier alpha value is -2.28. The first-order valence-electron chi connectivity index (χ1n) is 9.39. The molecule has 2 saturated heterocycles. The van der Waals surface area contributed by atoms with Gasteiger partial charge in [0.05, 0.1) is 12.2 Å². The molecule has 0 atom stereocenters. The van der Waals surface area contributed by atoms with E-state index in [2.05, 4.69) is 36.8 Å².